The molecule has 0 bridgehead atoms. The van der Waals surface area contributed by atoms with Gasteiger partial charge in [-0.25, -0.2) is 0 Å². The molecule has 2 N–H and O–H groups in total. The lowest BCUT2D eigenvalue weighted by molar-refractivity contribution is -0.384. The maximum absolute atomic E-state index is 12.8. The molecular weight excluding hydrogens is 468 g/mol. The molecule has 0 aromatic heterocycles. The van der Waals surface area contributed by atoms with Crippen LogP contribution in [0.2, 0.25) is 0 Å². The number of nitro groups is 1. The van der Waals surface area contributed by atoms with Crippen molar-refractivity contribution in [3.05, 3.63) is 130 Å². The van der Waals surface area contributed by atoms with Crippen LogP contribution in [0, 0.1) is 10.1 Å². The number of hydrogen-bond acceptors (Lipinski definition) is 5. The highest BCUT2D eigenvalue weighted by molar-refractivity contribution is 6.07. The zero-order valence-electron chi connectivity index (χ0n) is 20.3. The van der Waals surface area contributed by atoms with Crippen LogP contribution in [0.3, 0.4) is 0 Å². The van der Waals surface area contributed by atoms with Gasteiger partial charge in [0.1, 0.15) is 5.69 Å². The Balaban J connectivity index is 1.40. The highest BCUT2D eigenvalue weighted by atomic mass is 16.6. The normalized spacial score (nSPS) is 10.4. The lowest BCUT2D eigenvalue weighted by atomic mass is 10.1. The van der Waals surface area contributed by atoms with Gasteiger partial charge in [0.15, 0.2) is 0 Å². The van der Waals surface area contributed by atoms with E-state index < -0.39 is 10.8 Å². The van der Waals surface area contributed by atoms with E-state index in [-0.39, 0.29) is 17.2 Å². The molecule has 0 heterocycles. The summed E-state index contributed by atoms with van der Waals surface area (Å²) in [5, 5.41) is 17.5. The molecule has 4 aromatic rings. The average molecular weight is 495 g/mol. The second-order valence-corrected chi connectivity index (χ2v) is 8.38. The summed E-state index contributed by atoms with van der Waals surface area (Å²) in [5.41, 5.74) is 3.15. The Morgan fingerprint density at radius 3 is 2.11 bits per heavy atom. The molecule has 0 saturated heterocycles. The fraction of sp³-hybridized carbons (Fsp3) is 0.103. The van der Waals surface area contributed by atoms with Crippen LogP contribution in [0.5, 0.6) is 0 Å². The summed E-state index contributed by atoms with van der Waals surface area (Å²) < 4.78 is 0. The number of carbonyl (C=O) groups is 2. The van der Waals surface area contributed by atoms with Crippen LogP contribution in [0.4, 0.5) is 22.7 Å². The van der Waals surface area contributed by atoms with Crippen molar-refractivity contribution in [3.63, 3.8) is 0 Å². The van der Waals surface area contributed by atoms with Gasteiger partial charge in [0.05, 0.1) is 4.92 Å². The molecule has 0 radical (unpaired) electrons. The number of nitrogens with one attached hydrogen (secondary N) is 2. The van der Waals surface area contributed by atoms with Crippen LogP contribution in [-0.2, 0) is 6.42 Å². The third-order valence-corrected chi connectivity index (χ3v) is 5.87. The standard InChI is InChI=1S/C29H26N4O4/c1-32(25-10-6-3-7-11-25)29(35)22-12-15-24(16-13-22)31-28(34)23-14-17-26(27(20-23)33(36)37)30-19-18-21-8-4-2-5-9-21/h2-17,20,30H,18-19H2,1H3,(H,31,34). The van der Waals surface area contributed by atoms with Crippen molar-refractivity contribution in [2.24, 2.45) is 0 Å². The Morgan fingerprint density at radius 2 is 1.46 bits per heavy atom. The smallest absolute Gasteiger partial charge is 0.293 e. The number of para-hydroxylation sites is 1. The topological polar surface area (TPSA) is 105 Å². The summed E-state index contributed by atoms with van der Waals surface area (Å²) in [4.78, 5) is 38.2. The third kappa shape index (κ3) is 6.37. The number of nitrogens with zero attached hydrogens (tertiary/aromatic N) is 2. The van der Waals surface area contributed by atoms with Crippen LogP contribution < -0.4 is 15.5 Å². The van der Waals surface area contributed by atoms with Crippen molar-refractivity contribution in [1.29, 1.82) is 0 Å². The van der Waals surface area contributed by atoms with Gasteiger partial charge in [-0.15, -0.1) is 0 Å². The highest BCUT2D eigenvalue weighted by Gasteiger charge is 2.18. The van der Waals surface area contributed by atoms with Crippen molar-refractivity contribution < 1.29 is 14.5 Å². The number of rotatable bonds is 9. The minimum absolute atomic E-state index is 0.157. The number of hydrogen-bond donors (Lipinski definition) is 2. The summed E-state index contributed by atoms with van der Waals surface area (Å²) in [5.74, 6) is -0.672. The average Bonchev–Trinajstić information content (AvgIpc) is 2.93. The molecule has 8 heteroatoms. The van der Waals surface area contributed by atoms with Gasteiger partial charge in [0.2, 0.25) is 0 Å². The molecule has 0 aliphatic carbocycles. The molecule has 0 saturated carbocycles. The quantitative estimate of drug-likeness (QED) is 0.227. The minimum atomic E-state index is -0.509. The molecule has 4 rings (SSSR count). The number of carbonyl (C=O) groups excluding carboxylic acids is 2. The predicted octanol–water partition coefficient (Wildman–Crippen LogP) is 5.78. The molecule has 0 unspecified atom stereocenters. The molecule has 2 amide bonds. The summed E-state index contributed by atoms with van der Waals surface area (Å²) in [6, 6.07) is 29.9. The summed E-state index contributed by atoms with van der Waals surface area (Å²) >= 11 is 0. The van der Waals surface area contributed by atoms with E-state index >= 15 is 0 Å². The SMILES string of the molecule is CN(C(=O)c1ccc(NC(=O)c2ccc(NCCc3ccccc3)c([N+](=O)[O-])c2)cc1)c1ccccc1. The molecule has 186 valence electrons. The Hall–Kier alpha value is -4.98. The van der Waals surface area contributed by atoms with Gasteiger partial charge < -0.3 is 15.5 Å². The minimum Gasteiger partial charge on any atom is -0.379 e. The molecule has 0 fully saturated rings. The zero-order chi connectivity index (χ0) is 26.2. The van der Waals surface area contributed by atoms with E-state index in [9.17, 15) is 19.7 Å². The van der Waals surface area contributed by atoms with Crippen LogP contribution in [0.25, 0.3) is 0 Å². The monoisotopic (exact) mass is 494 g/mol. The second kappa shape index (κ2) is 11.6. The van der Waals surface area contributed by atoms with Gasteiger partial charge in [-0.2, -0.15) is 0 Å². The van der Waals surface area contributed by atoms with Gasteiger partial charge in [0, 0.05) is 42.2 Å². The Labute approximate surface area is 214 Å². The fourth-order valence-corrected chi connectivity index (χ4v) is 3.82. The van der Waals surface area contributed by atoms with Gasteiger partial charge in [-0.1, -0.05) is 48.5 Å². The van der Waals surface area contributed by atoms with E-state index in [1.165, 1.54) is 6.07 Å². The lowest BCUT2D eigenvalue weighted by Gasteiger charge is -2.17. The summed E-state index contributed by atoms with van der Waals surface area (Å²) in [6.07, 6.45) is 0.708. The molecule has 4 aromatic carbocycles. The molecule has 0 aliphatic heterocycles. The van der Waals surface area contributed by atoms with E-state index in [1.54, 1.807) is 48.3 Å². The molecule has 0 atom stereocenters. The first kappa shape index (κ1) is 25.1. The second-order valence-electron chi connectivity index (χ2n) is 8.38. The maximum atomic E-state index is 12.8. The van der Waals surface area contributed by atoms with Crippen molar-refractivity contribution in [1.82, 2.24) is 0 Å². The molecule has 0 aliphatic rings. The summed E-state index contributed by atoms with van der Waals surface area (Å²) in [7, 11) is 1.69. The van der Waals surface area contributed by atoms with Gasteiger partial charge in [-0.05, 0) is 60.5 Å². The number of nitro benzene ring substituents is 1. The van der Waals surface area contributed by atoms with E-state index in [0.717, 1.165) is 11.3 Å². The largest absolute Gasteiger partial charge is 0.379 e. The number of benzene rings is 4. The molecule has 8 nitrogen and oxygen atoms in total. The van der Waals surface area contributed by atoms with Crippen LogP contribution in [0.1, 0.15) is 26.3 Å². The number of anilines is 3. The van der Waals surface area contributed by atoms with Gasteiger partial charge >= 0.3 is 0 Å². The van der Waals surface area contributed by atoms with Crippen LogP contribution >= 0.6 is 0 Å². The molecular formula is C29H26N4O4. The van der Waals surface area contributed by atoms with E-state index in [2.05, 4.69) is 10.6 Å². The molecule has 0 spiro atoms. The molecule has 37 heavy (non-hydrogen) atoms. The van der Waals surface area contributed by atoms with E-state index in [0.29, 0.717) is 29.9 Å². The summed E-state index contributed by atoms with van der Waals surface area (Å²) in [6.45, 7) is 0.515. The van der Waals surface area contributed by atoms with Crippen LogP contribution in [-0.4, -0.2) is 30.3 Å². The van der Waals surface area contributed by atoms with Gasteiger partial charge in [0.25, 0.3) is 17.5 Å². The van der Waals surface area contributed by atoms with Gasteiger partial charge in [-0.3, -0.25) is 19.7 Å². The first-order valence-corrected chi connectivity index (χ1v) is 11.7. The van der Waals surface area contributed by atoms with Crippen LogP contribution in [0.15, 0.2) is 103 Å². The highest BCUT2D eigenvalue weighted by Crippen LogP contribution is 2.26. The first-order valence-electron chi connectivity index (χ1n) is 11.7. The Kier molecular flexibility index (Phi) is 7.90. The zero-order valence-corrected chi connectivity index (χ0v) is 20.3. The lowest BCUT2D eigenvalue weighted by Crippen LogP contribution is -2.26. The predicted molar refractivity (Wildman–Crippen MR) is 145 cm³/mol. The van der Waals surface area contributed by atoms with Crippen molar-refractivity contribution >= 4 is 34.6 Å². The first-order chi connectivity index (χ1) is 17.9. The van der Waals surface area contributed by atoms with E-state index in [1.807, 2.05) is 60.7 Å². The van der Waals surface area contributed by atoms with E-state index in [4.69, 9.17) is 0 Å². The Bertz CT molecular complexity index is 1390. The van der Waals surface area contributed by atoms with Crippen molar-refractivity contribution in [2.75, 3.05) is 29.1 Å². The Morgan fingerprint density at radius 1 is 0.838 bits per heavy atom. The fourth-order valence-electron chi connectivity index (χ4n) is 3.82. The maximum Gasteiger partial charge on any atom is 0.293 e. The number of amides is 2. The third-order valence-electron chi connectivity index (χ3n) is 5.87. The van der Waals surface area contributed by atoms with Crippen molar-refractivity contribution in [3.8, 4) is 0 Å². The van der Waals surface area contributed by atoms with Crippen molar-refractivity contribution in [2.45, 2.75) is 6.42 Å².